The first-order valence-electron chi connectivity index (χ1n) is 7.89. The Balaban J connectivity index is 1.75. The van der Waals surface area contributed by atoms with Gasteiger partial charge in [0, 0.05) is 29.4 Å². The molecule has 1 fully saturated rings. The topological polar surface area (TPSA) is 40.6 Å². The predicted molar refractivity (Wildman–Crippen MR) is 95.6 cm³/mol. The summed E-state index contributed by atoms with van der Waals surface area (Å²) in [4.78, 5) is 28.5. The average Bonchev–Trinajstić information content (AvgIpc) is 2.57. The second kappa shape index (κ2) is 6.65. The number of nitrogens with zero attached hydrogens (tertiary/aromatic N) is 2. The van der Waals surface area contributed by atoms with Crippen molar-refractivity contribution >= 4 is 29.1 Å². The predicted octanol–water partition coefficient (Wildman–Crippen LogP) is 3.45. The second-order valence-corrected chi connectivity index (χ2v) is 6.43. The molecule has 124 valence electrons. The van der Waals surface area contributed by atoms with E-state index in [0.29, 0.717) is 23.7 Å². The minimum Gasteiger partial charge on any atom is -0.328 e. The third-order valence-electron chi connectivity index (χ3n) is 4.32. The summed E-state index contributed by atoms with van der Waals surface area (Å²) in [5, 5.41) is 0.631. The molecule has 1 saturated heterocycles. The molecule has 1 aliphatic heterocycles. The van der Waals surface area contributed by atoms with E-state index in [-0.39, 0.29) is 18.4 Å². The summed E-state index contributed by atoms with van der Waals surface area (Å²) in [6.45, 7) is 4.95. The lowest BCUT2D eigenvalue weighted by Crippen LogP contribution is -2.52. The first-order valence-corrected chi connectivity index (χ1v) is 8.26. The van der Waals surface area contributed by atoms with E-state index in [1.54, 1.807) is 28.0 Å². The molecule has 0 aromatic heterocycles. The Morgan fingerprint density at radius 1 is 1.04 bits per heavy atom. The number of aryl methyl sites for hydroxylation is 2. The second-order valence-electron chi connectivity index (χ2n) is 6.02. The minimum absolute atomic E-state index is 0.0606. The fourth-order valence-electron chi connectivity index (χ4n) is 2.93. The van der Waals surface area contributed by atoms with E-state index in [2.05, 4.69) is 0 Å². The maximum Gasteiger partial charge on any atom is 0.254 e. The molecule has 2 aromatic carbocycles. The quantitative estimate of drug-likeness (QED) is 0.838. The largest absolute Gasteiger partial charge is 0.328 e. The monoisotopic (exact) mass is 342 g/mol. The number of benzene rings is 2. The molecule has 5 heteroatoms. The van der Waals surface area contributed by atoms with Crippen LogP contribution in [0.3, 0.4) is 0 Å². The molecule has 0 atom stereocenters. The fourth-order valence-corrected chi connectivity index (χ4v) is 3.05. The van der Waals surface area contributed by atoms with Crippen LogP contribution in [0.15, 0.2) is 42.5 Å². The number of rotatable bonds is 2. The normalized spacial score (nSPS) is 14.9. The van der Waals surface area contributed by atoms with Crippen LogP contribution in [0.25, 0.3) is 0 Å². The molecule has 2 aromatic rings. The Hall–Kier alpha value is -2.33. The van der Waals surface area contributed by atoms with E-state index in [4.69, 9.17) is 11.6 Å². The van der Waals surface area contributed by atoms with Crippen molar-refractivity contribution in [2.45, 2.75) is 13.8 Å². The Morgan fingerprint density at radius 2 is 1.79 bits per heavy atom. The number of hydrogen-bond acceptors (Lipinski definition) is 2. The molecule has 0 saturated carbocycles. The van der Waals surface area contributed by atoms with Gasteiger partial charge in [-0.25, -0.2) is 0 Å². The van der Waals surface area contributed by atoms with Crippen LogP contribution in [0, 0.1) is 13.8 Å². The van der Waals surface area contributed by atoms with Crippen molar-refractivity contribution in [2.75, 3.05) is 24.5 Å². The average molecular weight is 343 g/mol. The van der Waals surface area contributed by atoms with Gasteiger partial charge < -0.3 is 9.80 Å². The molecule has 0 aliphatic carbocycles. The fraction of sp³-hybridized carbons (Fsp3) is 0.263. The van der Waals surface area contributed by atoms with Gasteiger partial charge in [-0.15, -0.1) is 0 Å². The van der Waals surface area contributed by atoms with Crippen molar-refractivity contribution in [3.63, 3.8) is 0 Å². The first kappa shape index (κ1) is 16.5. The summed E-state index contributed by atoms with van der Waals surface area (Å²) in [6, 6.07) is 13.0. The molecule has 0 unspecified atom stereocenters. The van der Waals surface area contributed by atoms with E-state index in [1.165, 1.54) is 0 Å². The maximum absolute atomic E-state index is 12.6. The van der Waals surface area contributed by atoms with Crippen molar-refractivity contribution < 1.29 is 9.59 Å². The van der Waals surface area contributed by atoms with Crippen molar-refractivity contribution in [1.29, 1.82) is 0 Å². The highest BCUT2D eigenvalue weighted by molar-refractivity contribution is 6.31. The van der Waals surface area contributed by atoms with E-state index in [0.717, 1.165) is 16.8 Å². The van der Waals surface area contributed by atoms with E-state index in [1.807, 2.05) is 38.1 Å². The van der Waals surface area contributed by atoms with Crippen LogP contribution in [0.1, 0.15) is 21.5 Å². The van der Waals surface area contributed by atoms with Gasteiger partial charge in [0.2, 0.25) is 5.91 Å². The summed E-state index contributed by atoms with van der Waals surface area (Å²) in [6.07, 6.45) is 0. The summed E-state index contributed by atoms with van der Waals surface area (Å²) >= 11 is 6.01. The van der Waals surface area contributed by atoms with Crippen molar-refractivity contribution in [3.05, 3.63) is 64.2 Å². The van der Waals surface area contributed by atoms with E-state index < -0.39 is 0 Å². The molecule has 1 heterocycles. The number of para-hydroxylation sites is 1. The van der Waals surface area contributed by atoms with Crippen LogP contribution in [-0.4, -0.2) is 36.3 Å². The van der Waals surface area contributed by atoms with Crippen molar-refractivity contribution in [1.82, 2.24) is 4.90 Å². The van der Waals surface area contributed by atoms with Crippen LogP contribution in [0.4, 0.5) is 5.69 Å². The van der Waals surface area contributed by atoms with Crippen LogP contribution in [0.2, 0.25) is 5.02 Å². The number of halogens is 1. The molecule has 0 radical (unpaired) electrons. The minimum atomic E-state index is -0.132. The van der Waals surface area contributed by atoms with Crippen LogP contribution in [0.5, 0.6) is 0 Å². The third kappa shape index (κ3) is 3.15. The highest BCUT2D eigenvalue weighted by atomic mass is 35.5. The smallest absolute Gasteiger partial charge is 0.254 e. The number of hydrogen-bond donors (Lipinski definition) is 0. The van der Waals surface area contributed by atoms with Gasteiger partial charge in [0.1, 0.15) is 6.54 Å². The number of amides is 2. The molecule has 4 nitrogen and oxygen atoms in total. The molecular formula is C19H19ClN2O2. The first-order chi connectivity index (χ1) is 11.5. The summed E-state index contributed by atoms with van der Waals surface area (Å²) in [5.41, 5.74) is 3.39. The lowest BCUT2D eigenvalue weighted by atomic mass is 10.1. The zero-order chi connectivity index (χ0) is 17.3. The SMILES string of the molecule is Cc1cc(C(=O)N2CCN(c3ccccc3C)C(=O)C2)ccc1Cl. The van der Waals surface area contributed by atoms with Gasteiger partial charge in [-0.1, -0.05) is 29.8 Å². The number of carbonyl (C=O) groups excluding carboxylic acids is 2. The third-order valence-corrected chi connectivity index (χ3v) is 4.74. The molecule has 0 bridgehead atoms. The highest BCUT2D eigenvalue weighted by Crippen LogP contribution is 2.23. The summed E-state index contributed by atoms with van der Waals surface area (Å²) < 4.78 is 0. The summed E-state index contributed by atoms with van der Waals surface area (Å²) in [7, 11) is 0. The van der Waals surface area contributed by atoms with Gasteiger partial charge in [0.15, 0.2) is 0 Å². The van der Waals surface area contributed by atoms with E-state index >= 15 is 0 Å². The molecule has 0 N–H and O–H groups in total. The van der Waals surface area contributed by atoms with E-state index in [9.17, 15) is 9.59 Å². The van der Waals surface area contributed by atoms with Crippen LogP contribution in [-0.2, 0) is 4.79 Å². The number of anilines is 1. The van der Waals surface area contributed by atoms with Crippen molar-refractivity contribution in [3.8, 4) is 0 Å². The lowest BCUT2D eigenvalue weighted by Gasteiger charge is -2.35. The Morgan fingerprint density at radius 3 is 2.46 bits per heavy atom. The molecule has 1 aliphatic rings. The highest BCUT2D eigenvalue weighted by Gasteiger charge is 2.29. The van der Waals surface area contributed by atoms with Crippen molar-refractivity contribution in [2.24, 2.45) is 0 Å². The lowest BCUT2D eigenvalue weighted by molar-refractivity contribution is -0.120. The molecule has 0 spiro atoms. The summed E-state index contributed by atoms with van der Waals surface area (Å²) in [5.74, 6) is -0.192. The van der Waals surface area contributed by atoms with Gasteiger partial charge in [-0.3, -0.25) is 9.59 Å². The molecule has 24 heavy (non-hydrogen) atoms. The molecular weight excluding hydrogens is 324 g/mol. The zero-order valence-electron chi connectivity index (χ0n) is 13.8. The Labute approximate surface area is 146 Å². The number of piperazine rings is 1. The standard InChI is InChI=1S/C19H19ClN2O2/c1-13-5-3-4-6-17(13)22-10-9-21(12-18(22)23)19(24)15-7-8-16(20)14(2)11-15/h3-8,11H,9-10,12H2,1-2H3. The molecule has 2 amide bonds. The Bertz CT molecular complexity index is 804. The van der Waals surface area contributed by atoms with Gasteiger partial charge in [-0.2, -0.15) is 0 Å². The van der Waals surface area contributed by atoms with Gasteiger partial charge in [-0.05, 0) is 49.2 Å². The Kier molecular flexibility index (Phi) is 4.58. The van der Waals surface area contributed by atoms with Gasteiger partial charge in [0.25, 0.3) is 5.91 Å². The van der Waals surface area contributed by atoms with Gasteiger partial charge in [0.05, 0.1) is 0 Å². The zero-order valence-corrected chi connectivity index (χ0v) is 14.5. The van der Waals surface area contributed by atoms with Crippen LogP contribution >= 0.6 is 11.6 Å². The number of carbonyl (C=O) groups is 2. The van der Waals surface area contributed by atoms with Gasteiger partial charge >= 0.3 is 0 Å². The molecule has 3 rings (SSSR count). The van der Waals surface area contributed by atoms with Crippen LogP contribution < -0.4 is 4.90 Å². The maximum atomic E-state index is 12.6.